The molecule has 20 heavy (non-hydrogen) atoms. The summed E-state index contributed by atoms with van der Waals surface area (Å²) in [6.45, 7) is 1.76. The number of carbonyl (C=O) groups excluding carboxylic acids is 1. The van der Waals surface area contributed by atoms with Gasteiger partial charge in [-0.05, 0) is 25.1 Å². The summed E-state index contributed by atoms with van der Waals surface area (Å²) in [5.41, 5.74) is 8.75. The smallest absolute Gasteiger partial charge is 0.267 e. The molecule has 0 saturated carbocycles. The van der Waals surface area contributed by atoms with Crippen LogP contribution in [0.1, 0.15) is 20.9 Å². The van der Waals surface area contributed by atoms with Gasteiger partial charge in [0.1, 0.15) is 4.88 Å². The van der Waals surface area contributed by atoms with Crippen LogP contribution in [0.4, 0.5) is 5.69 Å². The lowest BCUT2D eigenvalue weighted by atomic mass is 10.1. The number of halogens is 1. The number of amidine groups is 1. The van der Waals surface area contributed by atoms with Crippen molar-refractivity contribution in [3.8, 4) is 0 Å². The highest BCUT2D eigenvalue weighted by molar-refractivity contribution is 9.10. The van der Waals surface area contributed by atoms with Gasteiger partial charge >= 0.3 is 0 Å². The molecule has 4 N–H and O–H groups in total. The second-order valence-corrected chi connectivity index (χ2v) is 5.67. The molecule has 104 valence electrons. The normalized spacial score (nSPS) is 11.4. The van der Waals surface area contributed by atoms with Gasteiger partial charge in [0.05, 0.1) is 16.9 Å². The molecule has 0 aliphatic heterocycles. The number of hydrogen-bond acceptors (Lipinski definition) is 5. The third-order valence-electron chi connectivity index (χ3n) is 2.57. The molecule has 0 atom stereocenters. The van der Waals surface area contributed by atoms with E-state index in [9.17, 15) is 4.79 Å². The zero-order valence-corrected chi connectivity index (χ0v) is 12.8. The summed E-state index contributed by atoms with van der Waals surface area (Å²) in [5.74, 6) is -0.357. The van der Waals surface area contributed by atoms with Crippen molar-refractivity contribution in [2.24, 2.45) is 10.9 Å². The Balaban J connectivity index is 2.36. The first-order valence-electron chi connectivity index (χ1n) is 5.52. The number of amides is 1. The highest BCUT2D eigenvalue weighted by Gasteiger charge is 2.15. The molecule has 1 heterocycles. The number of rotatable bonds is 3. The highest BCUT2D eigenvalue weighted by Crippen LogP contribution is 2.23. The summed E-state index contributed by atoms with van der Waals surface area (Å²) in [4.78, 5) is 16.7. The van der Waals surface area contributed by atoms with Crippen LogP contribution < -0.4 is 11.1 Å². The van der Waals surface area contributed by atoms with Gasteiger partial charge in [0, 0.05) is 10.0 Å². The van der Waals surface area contributed by atoms with Crippen molar-refractivity contribution < 1.29 is 10.0 Å². The molecule has 1 aromatic carbocycles. The molecule has 0 aliphatic rings. The molecular weight excluding hydrogens is 344 g/mol. The van der Waals surface area contributed by atoms with Crippen molar-refractivity contribution in [3.05, 3.63) is 44.3 Å². The van der Waals surface area contributed by atoms with Crippen LogP contribution in [0.2, 0.25) is 0 Å². The van der Waals surface area contributed by atoms with Gasteiger partial charge in [-0.25, -0.2) is 4.98 Å². The lowest BCUT2D eigenvalue weighted by molar-refractivity contribution is 0.103. The van der Waals surface area contributed by atoms with Gasteiger partial charge in [0.25, 0.3) is 5.91 Å². The predicted molar refractivity (Wildman–Crippen MR) is 81.5 cm³/mol. The zero-order chi connectivity index (χ0) is 14.7. The number of nitrogens with two attached hydrogens (primary N) is 1. The molecule has 1 aromatic heterocycles. The van der Waals surface area contributed by atoms with Gasteiger partial charge in [0.15, 0.2) is 5.84 Å². The van der Waals surface area contributed by atoms with Crippen molar-refractivity contribution in [2.45, 2.75) is 6.92 Å². The van der Waals surface area contributed by atoms with Crippen LogP contribution in [-0.2, 0) is 0 Å². The third-order valence-corrected chi connectivity index (χ3v) is 3.99. The van der Waals surface area contributed by atoms with Crippen molar-refractivity contribution in [1.82, 2.24) is 4.98 Å². The van der Waals surface area contributed by atoms with E-state index in [0.717, 1.165) is 4.47 Å². The lowest BCUT2D eigenvalue weighted by Crippen LogP contribution is -2.19. The van der Waals surface area contributed by atoms with E-state index < -0.39 is 0 Å². The molecule has 0 bridgehead atoms. The lowest BCUT2D eigenvalue weighted by Gasteiger charge is -2.10. The van der Waals surface area contributed by atoms with Gasteiger partial charge in [-0.15, -0.1) is 11.3 Å². The molecule has 0 unspecified atom stereocenters. The Hall–Kier alpha value is -1.93. The fourth-order valence-electron chi connectivity index (χ4n) is 1.60. The molecule has 6 nitrogen and oxygen atoms in total. The van der Waals surface area contributed by atoms with E-state index in [1.54, 1.807) is 30.6 Å². The SMILES string of the molecule is Cc1ncsc1C(=O)Nc1cc(Br)ccc1/C(N)=N/O. The number of thiazole rings is 1. The highest BCUT2D eigenvalue weighted by atomic mass is 79.9. The van der Waals surface area contributed by atoms with Crippen LogP contribution in [0.3, 0.4) is 0 Å². The average Bonchev–Trinajstić information content (AvgIpc) is 2.84. The van der Waals surface area contributed by atoms with Crippen LogP contribution in [0.25, 0.3) is 0 Å². The maximum atomic E-state index is 12.2. The Morgan fingerprint density at radius 1 is 1.55 bits per heavy atom. The van der Waals surface area contributed by atoms with Crippen LogP contribution in [0.5, 0.6) is 0 Å². The number of aryl methyl sites for hydroxylation is 1. The maximum Gasteiger partial charge on any atom is 0.267 e. The van der Waals surface area contributed by atoms with Crippen molar-refractivity contribution in [1.29, 1.82) is 0 Å². The Bertz CT molecular complexity index is 684. The minimum atomic E-state index is -0.282. The molecule has 0 saturated heterocycles. The number of nitrogens with one attached hydrogen (secondary N) is 1. The number of benzene rings is 1. The second kappa shape index (κ2) is 6.02. The average molecular weight is 355 g/mol. The van der Waals surface area contributed by atoms with E-state index in [1.165, 1.54) is 11.3 Å². The number of aromatic nitrogens is 1. The third kappa shape index (κ3) is 2.97. The van der Waals surface area contributed by atoms with E-state index in [0.29, 0.717) is 21.8 Å². The van der Waals surface area contributed by atoms with E-state index in [1.807, 2.05) is 0 Å². The fourth-order valence-corrected chi connectivity index (χ4v) is 2.65. The largest absolute Gasteiger partial charge is 0.409 e. The van der Waals surface area contributed by atoms with Crippen molar-refractivity contribution in [2.75, 3.05) is 5.32 Å². The summed E-state index contributed by atoms with van der Waals surface area (Å²) >= 11 is 4.57. The van der Waals surface area contributed by atoms with Crippen LogP contribution in [0, 0.1) is 6.92 Å². The molecule has 0 aliphatic carbocycles. The van der Waals surface area contributed by atoms with Crippen molar-refractivity contribution in [3.63, 3.8) is 0 Å². The number of anilines is 1. The second-order valence-electron chi connectivity index (χ2n) is 3.90. The van der Waals surface area contributed by atoms with Gasteiger partial charge in [-0.2, -0.15) is 0 Å². The first kappa shape index (κ1) is 14.5. The van der Waals surface area contributed by atoms with Crippen LogP contribution >= 0.6 is 27.3 Å². The number of carbonyl (C=O) groups is 1. The zero-order valence-electron chi connectivity index (χ0n) is 10.4. The quantitative estimate of drug-likeness (QED) is 0.341. The fraction of sp³-hybridized carbons (Fsp3) is 0.0833. The standard InChI is InChI=1S/C12H11BrN4O2S/c1-6-10(20-5-15-6)12(18)16-9-4-7(13)2-3-8(9)11(14)17-19/h2-5,19H,1H3,(H2,14,17)(H,16,18). The summed E-state index contributed by atoms with van der Waals surface area (Å²) in [7, 11) is 0. The minimum Gasteiger partial charge on any atom is -0.409 e. The Morgan fingerprint density at radius 2 is 2.30 bits per heavy atom. The summed E-state index contributed by atoms with van der Waals surface area (Å²) in [6, 6.07) is 5.07. The van der Waals surface area contributed by atoms with Gasteiger partial charge in [0.2, 0.25) is 0 Å². The first-order valence-corrected chi connectivity index (χ1v) is 7.19. The molecule has 0 fully saturated rings. The molecule has 0 spiro atoms. The number of hydrogen-bond donors (Lipinski definition) is 3. The van der Waals surface area contributed by atoms with E-state index in [4.69, 9.17) is 10.9 Å². The molecule has 1 amide bonds. The Morgan fingerprint density at radius 3 is 2.90 bits per heavy atom. The Kier molecular flexibility index (Phi) is 4.35. The first-order chi connectivity index (χ1) is 9.52. The van der Waals surface area contributed by atoms with Gasteiger partial charge in [-0.3, -0.25) is 4.79 Å². The molecule has 2 aromatic rings. The van der Waals surface area contributed by atoms with Gasteiger partial charge in [-0.1, -0.05) is 21.1 Å². The van der Waals surface area contributed by atoms with Crippen LogP contribution in [0.15, 0.2) is 33.3 Å². The van der Waals surface area contributed by atoms with E-state index >= 15 is 0 Å². The Labute approximate surface area is 127 Å². The molecule has 2 rings (SSSR count). The monoisotopic (exact) mass is 354 g/mol. The topological polar surface area (TPSA) is 101 Å². The van der Waals surface area contributed by atoms with Gasteiger partial charge < -0.3 is 16.3 Å². The summed E-state index contributed by atoms with van der Waals surface area (Å²) in [6.07, 6.45) is 0. The molecule has 0 radical (unpaired) electrons. The summed E-state index contributed by atoms with van der Waals surface area (Å²) in [5, 5.41) is 14.5. The van der Waals surface area contributed by atoms with E-state index in [2.05, 4.69) is 31.4 Å². The molecular formula is C12H11BrN4O2S. The van der Waals surface area contributed by atoms with E-state index in [-0.39, 0.29) is 11.7 Å². The summed E-state index contributed by atoms with van der Waals surface area (Å²) < 4.78 is 0.767. The number of nitrogens with zero attached hydrogens (tertiary/aromatic N) is 2. The van der Waals surface area contributed by atoms with Crippen LogP contribution in [-0.4, -0.2) is 21.9 Å². The predicted octanol–water partition coefficient (Wildman–Crippen LogP) is 2.56. The minimum absolute atomic E-state index is 0.0752. The molecule has 8 heteroatoms. The van der Waals surface area contributed by atoms with Crippen molar-refractivity contribution >= 4 is 44.7 Å². The number of oxime groups is 1. The maximum absolute atomic E-state index is 12.2.